The molecule has 2 fully saturated rings. The molecule has 2 atom stereocenters. The molecule has 3 heteroatoms. The molecule has 1 aliphatic carbocycles. The largest absolute Gasteiger partial charge is 0.391 e. The van der Waals surface area contributed by atoms with Crippen molar-refractivity contribution in [3.63, 3.8) is 0 Å². The second-order valence-corrected chi connectivity index (χ2v) is 3.53. The maximum atomic E-state index is 9.52. The molecule has 0 amide bonds. The molecule has 0 aromatic heterocycles. The fourth-order valence-electron chi connectivity index (χ4n) is 1.83. The molecule has 0 spiro atoms. The molecule has 2 rings (SSSR count). The molecule has 11 heavy (non-hydrogen) atoms. The minimum atomic E-state index is -0.0544. The van der Waals surface area contributed by atoms with Gasteiger partial charge in [0.25, 0.3) is 0 Å². The van der Waals surface area contributed by atoms with Crippen LogP contribution in [0, 0.1) is 5.92 Å². The lowest BCUT2D eigenvalue weighted by Gasteiger charge is -2.28. The molecule has 0 bridgehead atoms. The topological polar surface area (TPSA) is 32.3 Å². The van der Waals surface area contributed by atoms with Crippen LogP contribution in [0.25, 0.3) is 0 Å². The van der Waals surface area contributed by atoms with Gasteiger partial charge in [0.1, 0.15) is 0 Å². The SMILES string of the molecule is Cl.OC1CCCNC1C1CC1. The summed E-state index contributed by atoms with van der Waals surface area (Å²) in [7, 11) is 0. The van der Waals surface area contributed by atoms with Crippen molar-refractivity contribution in [3.05, 3.63) is 0 Å². The van der Waals surface area contributed by atoms with Gasteiger partial charge < -0.3 is 10.4 Å². The quantitative estimate of drug-likeness (QED) is 0.625. The molecule has 2 N–H and O–H groups in total. The van der Waals surface area contributed by atoms with Crippen molar-refractivity contribution in [2.75, 3.05) is 6.54 Å². The van der Waals surface area contributed by atoms with Crippen LogP contribution in [0.15, 0.2) is 0 Å². The van der Waals surface area contributed by atoms with E-state index in [1.54, 1.807) is 0 Å². The van der Waals surface area contributed by atoms with Crippen LogP contribution in [0.4, 0.5) is 0 Å². The summed E-state index contributed by atoms with van der Waals surface area (Å²) in [6.07, 6.45) is 4.75. The predicted octanol–water partition coefficient (Wildman–Crippen LogP) is 0.931. The molecule has 1 aliphatic heterocycles. The zero-order chi connectivity index (χ0) is 6.97. The summed E-state index contributed by atoms with van der Waals surface area (Å²) in [5.74, 6) is 0.801. The molecular weight excluding hydrogens is 162 g/mol. The molecule has 0 aromatic carbocycles. The summed E-state index contributed by atoms with van der Waals surface area (Å²) in [4.78, 5) is 0. The lowest BCUT2D eigenvalue weighted by molar-refractivity contribution is 0.0867. The predicted molar refractivity (Wildman–Crippen MR) is 47.0 cm³/mol. The molecule has 2 nitrogen and oxygen atoms in total. The summed E-state index contributed by atoms with van der Waals surface area (Å²) in [6, 6.07) is 0.439. The van der Waals surface area contributed by atoms with Crippen molar-refractivity contribution in [1.29, 1.82) is 0 Å². The van der Waals surface area contributed by atoms with Gasteiger partial charge in [0, 0.05) is 6.04 Å². The van der Waals surface area contributed by atoms with Gasteiger partial charge in [-0.25, -0.2) is 0 Å². The Morgan fingerprint density at radius 3 is 2.45 bits per heavy atom. The Morgan fingerprint density at radius 1 is 1.18 bits per heavy atom. The first-order valence-corrected chi connectivity index (χ1v) is 4.29. The summed E-state index contributed by atoms with van der Waals surface area (Å²) >= 11 is 0. The van der Waals surface area contributed by atoms with Crippen LogP contribution in [0.1, 0.15) is 25.7 Å². The molecule has 2 aliphatic rings. The average molecular weight is 178 g/mol. The van der Waals surface area contributed by atoms with Crippen molar-refractivity contribution < 1.29 is 5.11 Å². The molecule has 2 unspecified atom stereocenters. The first-order valence-electron chi connectivity index (χ1n) is 4.29. The van der Waals surface area contributed by atoms with Crippen LogP contribution < -0.4 is 5.32 Å². The van der Waals surface area contributed by atoms with Gasteiger partial charge in [-0.05, 0) is 38.1 Å². The van der Waals surface area contributed by atoms with Gasteiger partial charge in [-0.2, -0.15) is 0 Å². The van der Waals surface area contributed by atoms with E-state index < -0.39 is 0 Å². The Balaban J connectivity index is 0.000000605. The summed E-state index contributed by atoms with van der Waals surface area (Å²) in [5.41, 5.74) is 0. The van der Waals surface area contributed by atoms with Crippen molar-refractivity contribution in [2.24, 2.45) is 5.92 Å². The van der Waals surface area contributed by atoms with E-state index in [2.05, 4.69) is 5.32 Å². The van der Waals surface area contributed by atoms with E-state index in [4.69, 9.17) is 0 Å². The van der Waals surface area contributed by atoms with Gasteiger partial charge in [0.05, 0.1) is 6.10 Å². The van der Waals surface area contributed by atoms with Crippen molar-refractivity contribution in [3.8, 4) is 0 Å². The van der Waals surface area contributed by atoms with Crippen LogP contribution in [-0.4, -0.2) is 23.8 Å². The van der Waals surface area contributed by atoms with Gasteiger partial charge in [0.15, 0.2) is 0 Å². The Labute approximate surface area is 73.8 Å². The van der Waals surface area contributed by atoms with Crippen molar-refractivity contribution >= 4 is 12.4 Å². The van der Waals surface area contributed by atoms with Crippen LogP contribution in [0.5, 0.6) is 0 Å². The molecular formula is C8H16ClNO. The third kappa shape index (κ3) is 2.08. The monoisotopic (exact) mass is 177 g/mol. The van der Waals surface area contributed by atoms with E-state index in [1.165, 1.54) is 12.8 Å². The number of hydrogen-bond donors (Lipinski definition) is 2. The zero-order valence-corrected chi connectivity index (χ0v) is 7.44. The van der Waals surface area contributed by atoms with Gasteiger partial charge in [0.2, 0.25) is 0 Å². The Bertz CT molecular complexity index is 127. The van der Waals surface area contributed by atoms with Crippen LogP contribution >= 0.6 is 12.4 Å². The number of rotatable bonds is 1. The van der Waals surface area contributed by atoms with E-state index in [9.17, 15) is 5.11 Å². The average Bonchev–Trinajstić information content (AvgIpc) is 2.71. The number of piperidine rings is 1. The highest BCUT2D eigenvalue weighted by Crippen LogP contribution is 2.35. The summed E-state index contributed by atoms with van der Waals surface area (Å²) in [6.45, 7) is 1.11. The molecule has 0 radical (unpaired) electrons. The zero-order valence-electron chi connectivity index (χ0n) is 6.62. The smallest absolute Gasteiger partial charge is 0.0696 e. The van der Waals surface area contributed by atoms with E-state index >= 15 is 0 Å². The molecule has 66 valence electrons. The van der Waals surface area contributed by atoms with Gasteiger partial charge in [-0.15, -0.1) is 12.4 Å². The summed E-state index contributed by atoms with van der Waals surface area (Å²) in [5, 5.41) is 12.9. The van der Waals surface area contributed by atoms with E-state index in [1.807, 2.05) is 0 Å². The van der Waals surface area contributed by atoms with Crippen LogP contribution in [0.2, 0.25) is 0 Å². The minimum Gasteiger partial charge on any atom is -0.391 e. The number of nitrogens with one attached hydrogen (secondary N) is 1. The second-order valence-electron chi connectivity index (χ2n) is 3.53. The Morgan fingerprint density at radius 2 is 1.91 bits per heavy atom. The third-order valence-corrected chi connectivity index (χ3v) is 2.60. The molecule has 0 aromatic rings. The van der Waals surface area contributed by atoms with E-state index in [0.717, 1.165) is 25.3 Å². The molecule has 1 saturated heterocycles. The van der Waals surface area contributed by atoms with Crippen molar-refractivity contribution in [1.82, 2.24) is 5.32 Å². The van der Waals surface area contributed by atoms with E-state index in [-0.39, 0.29) is 18.5 Å². The lowest BCUT2D eigenvalue weighted by Crippen LogP contribution is -2.46. The molecule has 1 heterocycles. The number of hydrogen-bond acceptors (Lipinski definition) is 2. The van der Waals surface area contributed by atoms with Gasteiger partial charge in [-0.1, -0.05) is 0 Å². The van der Waals surface area contributed by atoms with Crippen LogP contribution in [-0.2, 0) is 0 Å². The highest BCUT2D eigenvalue weighted by Gasteiger charge is 2.36. The fraction of sp³-hybridized carbons (Fsp3) is 1.00. The lowest BCUT2D eigenvalue weighted by atomic mass is 9.98. The molecule has 1 saturated carbocycles. The first-order chi connectivity index (χ1) is 4.88. The normalized spacial score (nSPS) is 37.9. The Kier molecular flexibility index (Phi) is 3.16. The summed E-state index contributed by atoms with van der Waals surface area (Å²) < 4.78 is 0. The first kappa shape index (κ1) is 9.30. The maximum absolute atomic E-state index is 9.52. The van der Waals surface area contributed by atoms with Gasteiger partial charge in [-0.3, -0.25) is 0 Å². The minimum absolute atomic E-state index is 0. The number of halogens is 1. The fourth-order valence-corrected chi connectivity index (χ4v) is 1.83. The highest BCUT2D eigenvalue weighted by atomic mass is 35.5. The van der Waals surface area contributed by atoms with E-state index in [0.29, 0.717) is 6.04 Å². The third-order valence-electron chi connectivity index (χ3n) is 2.60. The second kappa shape index (κ2) is 3.74. The number of aliphatic hydroxyl groups excluding tert-OH is 1. The standard InChI is InChI=1S/C8H15NO.ClH/c10-7-2-1-5-9-8(7)6-3-4-6;/h6-10H,1-5H2;1H. The Hall–Kier alpha value is 0.210. The number of aliphatic hydroxyl groups is 1. The highest BCUT2D eigenvalue weighted by molar-refractivity contribution is 5.85. The van der Waals surface area contributed by atoms with Crippen molar-refractivity contribution in [2.45, 2.75) is 37.8 Å². The van der Waals surface area contributed by atoms with Gasteiger partial charge >= 0.3 is 0 Å². The van der Waals surface area contributed by atoms with Crippen LogP contribution in [0.3, 0.4) is 0 Å². The maximum Gasteiger partial charge on any atom is 0.0696 e.